The van der Waals surface area contributed by atoms with E-state index in [1.165, 1.54) is 30.5 Å². The predicted molar refractivity (Wildman–Crippen MR) is 70.6 cm³/mol. The van der Waals surface area contributed by atoms with Crippen LogP contribution in [0.2, 0.25) is 0 Å². The molecule has 0 aliphatic heterocycles. The Hall–Kier alpha value is -2.51. The molecule has 2 aromatic heterocycles. The molecule has 0 bridgehead atoms. The largest absolute Gasteiger partial charge is 0.450 e. The normalized spacial score (nSPS) is 12.8. The molecule has 0 radical (unpaired) electrons. The van der Waals surface area contributed by atoms with Gasteiger partial charge in [0.25, 0.3) is 0 Å². The molecule has 0 amide bonds. The number of alkyl halides is 6. The van der Waals surface area contributed by atoms with Gasteiger partial charge in [0.05, 0.1) is 17.3 Å². The summed E-state index contributed by atoms with van der Waals surface area (Å²) in [7, 11) is 0. The molecule has 0 N–H and O–H groups in total. The Morgan fingerprint density at radius 2 is 1.35 bits per heavy atom. The lowest BCUT2D eigenvalue weighted by molar-refractivity contribution is -0.145. The molecule has 0 spiro atoms. The number of nitrogens with zero attached hydrogens (tertiary/aromatic N) is 2. The minimum Gasteiger partial charge on any atom is -0.296 e. The molecule has 23 heavy (non-hydrogen) atoms. The van der Waals surface area contributed by atoms with Crippen LogP contribution >= 0.6 is 0 Å². The second-order valence-electron chi connectivity index (χ2n) is 4.87. The first kappa shape index (κ1) is 15.4. The third-order valence-corrected chi connectivity index (χ3v) is 3.33. The fourth-order valence-corrected chi connectivity index (χ4v) is 2.22. The Morgan fingerprint density at radius 1 is 0.739 bits per heavy atom. The van der Waals surface area contributed by atoms with Gasteiger partial charge in [-0.3, -0.25) is 4.40 Å². The maximum absolute atomic E-state index is 12.9. The SMILES string of the molecule is FC(F)(F)c1ccc(-c2ccc3cnc(C(F)(F)F)n3c2)cc1. The van der Waals surface area contributed by atoms with Crippen LogP contribution in [0.4, 0.5) is 26.3 Å². The van der Waals surface area contributed by atoms with E-state index in [2.05, 4.69) is 4.98 Å². The van der Waals surface area contributed by atoms with Gasteiger partial charge in [-0.1, -0.05) is 18.2 Å². The molecule has 0 aliphatic carbocycles. The molecule has 0 aliphatic rings. The van der Waals surface area contributed by atoms with Crippen LogP contribution in [-0.4, -0.2) is 9.38 Å². The van der Waals surface area contributed by atoms with Crippen LogP contribution in [0.3, 0.4) is 0 Å². The minimum atomic E-state index is -4.62. The van der Waals surface area contributed by atoms with Crippen molar-refractivity contribution in [3.05, 3.63) is 60.2 Å². The summed E-state index contributed by atoms with van der Waals surface area (Å²) in [5.41, 5.74) is 0.158. The fraction of sp³-hybridized carbons (Fsp3) is 0.133. The van der Waals surface area contributed by atoms with Crippen molar-refractivity contribution >= 4 is 5.52 Å². The molecule has 0 saturated carbocycles. The summed E-state index contributed by atoms with van der Waals surface area (Å²) in [6, 6.07) is 7.16. The molecule has 1 aromatic carbocycles. The summed E-state index contributed by atoms with van der Waals surface area (Å²) in [5.74, 6) is -1.08. The zero-order chi connectivity index (χ0) is 16.8. The van der Waals surface area contributed by atoms with E-state index >= 15 is 0 Å². The summed E-state index contributed by atoms with van der Waals surface area (Å²) in [6.07, 6.45) is -6.80. The van der Waals surface area contributed by atoms with Crippen LogP contribution in [0.25, 0.3) is 16.6 Å². The Balaban J connectivity index is 2.07. The highest BCUT2D eigenvalue weighted by molar-refractivity contribution is 5.66. The van der Waals surface area contributed by atoms with E-state index in [4.69, 9.17) is 0 Å². The average Bonchev–Trinajstić information content (AvgIpc) is 2.89. The highest BCUT2D eigenvalue weighted by Crippen LogP contribution is 2.32. The second-order valence-corrected chi connectivity index (χ2v) is 4.87. The molecule has 0 fully saturated rings. The lowest BCUT2D eigenvalue weighted by atomic mass is 10.1. The minimum absolute atomic E-state index is 0.244. The van der Waals surface area contributed by atoms with E-state index in [1.54, 1.807) is 0 Å². The third-order valence-electron chi connectivity index (χ3n) is 3.33. The molecule has 2 nitrogen and oxygen atoms in total. The van der Waals surface area contributed by atoms with Crippen molar-refractivity contribution in [2.24, 2.45) is 0 Å². The number of benzene rings is 1. The van der Waals surface area contributed by atoms with Gasteiger partial charge in [0.1, 0.15) is 0 Å². The molecule has 0 atom stereocenters. The number of aromatic nitrogens is 2. The summed E-state index contributed by atoms with van der Waals surface area (Å²) in [6.45, 7) is 0. The Bertz CT molecular complexity index is 843. The van der Waals surface area contributed by atoms with E-state index in [0.29, 0.717) is 11.1 Å². The number of rotatable bonds is 1. The van der Waals surface area contributed by atoms with E-state index in [9.17, 15) is 26.3 Å². The van der Waals surface area contributed by atoms with Gasteiger partial charge in [0.15, 0.2) is 0 Å². The highest BCUT2D eigenvalue weighted by Gasteiger charge is 2.36. The number of hydrogen-bond acceptors (Lipinski definition) is 1. The summed E-state index contributed by atoms with van der Waals surface area (Å²) in [4.78, 5) is 3.34. The van der Waals surface area contributed by atoms with Gasteiger partial charge in [-0.05, 0) is 29.3 Å². The summed E-state index contributed by atoms with van der Waals surface area (Å²) >= 11 is 0. The van der Waals surface area contributed by atoms with E-state index in [1.807, 2.05) is 0 Å². The van der Waals surface area contributed by atoms with Crippen LogP contribution < -0.4 is 0 Å². The molecular weight excluding hydrogens is 322 g/mol. The highest BCUT2D eigenvalue weighted by atomic mass is 19.4. The number of pyridine rings is 1. The molecular formula is C15H8F6N2. The zero-order valence-corrected chi connectivity index (χ0v) is 11.3. The van der Waals surface area contributed by atoms with Crippen LogP contribution in [-0.2, 0) is 12.4 Å². The molecule has 8 heteroatoms. The Labute approximate surface area is 126 Å². The molecule has 2 heterocycles. The standard InChI is InChI=1S/C15H8F6N2/c16-14(17,18)11-4-1-9(2-5-11)10-3-6-12-7-22-13(15(19,20)21)23(12)8-10/h1-8H. The van der Waals surface area contributed by atoms with E-state index in [0.717, 1.165) is 22.7 Å². The Kier molecular flexibility index (Phi) is 3.35. The first-order chi connectivity index (χ1) is 10.7. The van der Waals surface area contributed by atoms with Crippen molar-refractivity contribution in [2.45, 2.75) is 12.4 Å². The van der Waals surface area contributed by atoms with Gasteiger partial charge in [-0.25, -0.2) is 4.98 Å². The quantitative estimate of drug-likeness (QED) is 0.572. The predicted octanol–water partition coefficient (Wildman–Crippen LogP) is 5.04. The number of halogens is 6. The first-order valence-electron chi connectivity index (χ1n) is 6.38. The van der Waals surface area contributed by atoms with Crippen molar-refractivity contribution in [2.75, 3.05) is 0 Å². The van der Waals surface area contributed by atoms with Crippen LogP contribution in [0.1, 0.15) is 11.4 Å². The fourth-order valence-electron chi connectivity index (χ4n) is 2.22. The smallest absolute Gasteiger partial charge is 0.296 e. The van der Waals surface area contributed by atoms with Gasteiger partial charge in [-0.2, -0.15) is 26.3 Å². The summed E-state index contributed by atoms with van der Waals surface area (Å²) < 4.78 is 77.1. The van der Waals surface area contributed by atoms with Gasteiger partial charge in [-0.15, -0.1) is 0 Å². The maximum Gasteiger partial charge on any atom is 0.450 e. The van der Waals surface area contributed by atoms with Crippen molar-refractivity contribution in [3.8, 4) is 11.1 Å². The van der Waals surface area contributed by atoms with E-state index in [-0.39, 0.29) is 5.52 Å². The third kappa shape index (κ3) is 2.88. The van der Waals surface area contributed by atoms with Crippen molar-refractivity contribution in [1.82, 2.24) is 9.38 Å². The van der Waals surface area contributed by atoms with Gasteiger partial charge in [0, 0.05) is 6.20 Å². The molecule has 0 unspecified atom stereocenters. The van der Waals surface area contributed by atoms with Crippen LogP contribution in [0, 0.1) is 0 Å². The number of hydrogen-bond donors (Lipinski definition) is 0. The molecule has 0 saturated heterocycles. The van der Waals surface area contributed by atoms with Crippen LogP contribution in [0.5, 0.6) is 0 Å². The van der Waals surface area contributed by atoms with Crippen molar-refractivity contribution in [1.29, 1.82) is 0 Å². The zero-order valence-electron chi connectivity index (χ0n) is 11.3. The lowest BCUT2D eigenvalue weighted by Crippen LogP contribution is -2.10. The second kappa shape index (κ2) is 5.00. The van der Waals surface area contributed by atoms with Gasteiger partial charge >= 0.3 is 12.4 Å². The topological polar surface area (TPSA) is 17.3 Å². The first-order valence-corrected chi connectivity index (χ1v) is 6.38. The Morgan fingerprint density at radius 3 is 1.91 bits per heavy atom. The molecule has 3 aromatic rings. The number of imidazole rings is 1. The lowest BCUT2D eigenvalue weighted by Gasteiger charge is -2.09. The molecule has 3 rings (SSSR count). The average molecular weight is 330 g/mol. The molecule has 120 valence electrons. The number of fused-ring (bicyclic) bond motifs is 1. The van der Waals surface area contributed by atoms with E-state index < -0.39 is 23.7 Å². The van der Waals surface area contributed by atoms with Gasteiger partial charge < -0.3 is 0 Å². The van der Waals surface area contributed by atoms with Crippen molar-refractivity contribution < 1.29 is 26.3 Å². The summed E-state index contributed by atoms with van der Waals surface area (Å²) in [5, 5.41) is 0. The van der Waals surface area contributed by atoms with Crippen LogP contribution in [0.15, 0.2) is 48.8 Å². The van der Waals surface area contributed by atoms with Gasteiger partial charge in [0.2, 0.25) is 5.82 Å². The monoisotopic (exact) mass is 330 g/mol. The van der Waals surface area contributed by atoms with Crippen molar-refractivity contribution in [3.63, 3.8) is 0 Å². The maximum atomic E-state index is 12.9.